The highest BCUT2D eigenvalue weighted by Crippen LogP contribution is 2.30. The van der Waals surface area contributed by atoms with Crippen LogP contribution in [0.25, 0.3) is 22.4 Å². The Labute approximate surface area is 188 Å². The molecule has 0 saturated heterocycles. The molecule has 1 atom stereocenters. The van der Waals surface area contributed by atoms with Gasteiger partial charge in [0, 0.05) is 18.7 Å². The second-order valence-corrected chi connectivity index (χ2v) is 8.97. The molecule has 0 aliphatic carbocycles. The number of rotatable bonds is 11. The Morgan fingerprint density at radius 1 is 1.06 bits per heavy atom. The Balaban J connectivity index is 1.83. The highest BCUT2D eigenvalue weighted by molar-refractivity contribution is 5.83. The molecule has 2 aromatic carbocycles. The molecule has 0 bridgehead atoms. The smallest absolute Gasteiger partial charge is 0.138 e. The largest absolute Gasteiger partial charge is 0.338 e. The van der Waals surface area contributed by atoms with Gasteiger partial charge in [0.05, 0.1) is 11.0 Å². The summed E-state index contributed by atoms with van der Waals surface area (Å²) in [4.78, 5) is 11.2. The summed E-state index contributed by atoms with van der Waals surface area (Å²) >= 11 is 0. The molecule has 0 saturated carbocycles. The number of aryl methyl sites for hydroxylation is 3. The fraction of sp³-hybridized carbons (Fsp3) is 0.519. The van der Waals surface area contributed by atoms with Crippen LogP contribution in [0.1, 0.15) is 61.8 Å². The molecule has 0 aliphatic heterocycles. The van der Waals surface area contributed by atoms with Gasteiger partial charge in [0.1, 0.15) is 5.82 Å². The minimum atomic E-state index is 0.522. The fourth-order valence-electron chi connectivity index (χ4n) is 4.41. The molecule has 2 N–H and O–H groups in total. The molecular formula is C27H40N4. The van der Waals surface area contributed by atoms with Gasteiger partial charge in [-0.15, -0.1) is 0 Å². The molecule has 1 heterocycles. The van der Waals surface area contributed by atoms with Crippen molar-refractivity contribution in [1.82, 2.24) is 20.2 Å². The second-order valence-electron chi connectivity index (χ2n) is 8.97. The lowest BCUT2D eigenvalue weighted by Crippen LogP contribution is -2.32. The average molecular weight is 421 g/mol. The first-order valence-electron chi connectivity index (χ1n) is 11.9. The van der Waals surface area contributed by atoms with Crippen LogP contribution in [0.5, 0.6) is 0 Å². The van der Waals surface area contributed by atoms with Crippen LogP contribution in [0, 0.1) is 13.8 Å². The molecular weight excluding hydrogens is 380 g/mol. The fourth-order valence-corrected chi connectivity index (χ4v) is 4.41. The van der Waals surface area contributed by atoms with Crippen LogP contribution in [0.3, 0.4) is 0 Å². The zero-order chi connectivity index (χ0) is 22.4. The highest BCUT2D eigenvalue weighted by Gasteiger charge is 2.15. The molecule has 168 valence electrons. The van der Waals surface area contributed by atoms with E-state index in [0.717, 1.165) is 42.9 Å². The molecule has 3 rings (SSSR count). The van der Waals surface area contributed by atoms with E-state index in [1.54, 1.807) is 0 Å². The molecule has 1 unspecified atom stereocenters. The molecule has 0 spiro atoms. The number of hydrogen-bond acceptors (Lipinski definition) is 3. The van der Waals surface area contributed by atoms with E-state index in [1.165, 1.54) is 47.2 Å². The van der Waals surface area contributed by atoms with Gasteiger partial charge in [-0.1, -0.05) is 44.5 Å². The number of aromatic nitrogens is 2. The van der Waals surface area contributed by atoms with E-state index in [1.807, 2.05) is 7.05 Å². The minimum Gasteiger partial charge on any atom is -0.338 e. The zero-order valence-corrected chi connectivity index (χ0v) is 20.3. The number of nitrogens with zero attached hydrogens (tertiary/aromatic N) is 2. The number of fused-ring (bicyclic) bond motifs is 1. The lowest BCUT2D eigenvalue weighted by molar-refractivity contribution is 0.266. The molecule has 0 radical (unpaired) electrons. The minimum absolute atomic E-state index is 0.522. The van der Waals surface area contributed by atoms with Gasteiger partial charge in [-0.25, -0.2) is 4.98 Å². The summed E-state index contributed by atoms with van der Waals surface area (Å²) in [6, 6.07) is 11.3. The van der Waals surface area contributed by atoms with Crippen LogP contribution in [-0.4, -0.2) is 48.1 Å². The van der Waals surface area contributed by atoms with Gasteiger partial charge in [-0.2, -0.15) is 0 Å². The highest BCUT2D eigenvalue weighted by atomic mass is 15.1. The van der Waals surface area contributed by atoms with E-state index >= 15 is 0 Å². The summed E-state index contributed by atoms with van der Waals surface area (Å²) < 4.78 is 0. The Hall–Kier alpha value is -2.17. The Morgan fingerprint density at radius 3 is 2.58 bits per heavy atom. The first-order valence-corrected chi connectivity index (χ1v) is 11.9. The molecule has 0 amide bonds. The van der Waals surface area contributed by atoms with Crippen LogP contribution < -0.4 is 5.32 Å². The standard InChI is InChI=1S/C27H40N4/c1-7-13-31(15-12-28-6)14-11-20(4)23-17-21(5)26-25(18-23)29-27(30-26)24-16-19(3)9-10-22(24)8-2/h9-10,16-18,20,28H,7-8,11-15H2,1-6H3,(H,29,30). The number of likely N-dealkylation sites (N-methyl/N-ethyl adjacent to an activating group) is 1. The van der Waals surface area contributed by atoms with Crippen LogP contribution in [0.4, 0.5) is 0 Å². The van der Waals surface area contributed by atoms with E-state index in [9.17, 15) is 0 Å². The predicted molar refractivity (Wildman–Crippen MR) is 134 cm³/mol. The average Bonchev–Trinajstić information content (AvgIpc) is 3.20. The van der Waals surface area contributed by atoms with Gasteiger partial charge < -0.3 is 15.2 Å². The van der Waals surface area contributed by atoms with Gasteiger partial charge in [0.15, 0.2) is 0 Å². The third kappa shape index (κ3) is 5.75. The van der Waals surface area contributed by atoms with E-state index in [-0.39, 0.29) is 0 Å². The van der Waals surface area contributed by atoms with E-state index < -0.39 is 0 Å². The number of H-pyrrole nitrogens is 1. The quantitative estimate of drug-likeness (QED) is 0.410. The van der Waals surface area contributed by atoms with E-state index in [4.69, 9.17) is 4.98 Å². The van der Waals surface area contributed by atoms with Crippen molar-refractivity contribution in [2.24, 2.45) is 0 Å². The molecule has 3 aromatic rings. The van der Waals surface area contributed by atoms with Gasteiger partial charge in [-0.05, 0) is 88.0 Å². The first kappa shape index (κ1) is 23.5. The van der Waals surface area contributed by atoms with Gasteiger partial charge in [0.25, 0.3) is 0 Å². The van der Waals surface area contributed by atoms with Crippen molar-refractivity contribution < 1.29 is 0 Å². The number of imidazole rings is 1. The van der Waals surface area contributed by atoms with Crippen LogP contribution in [-0.2, 0) is 6.42 Å². The summed E-state index contributed by atoms with van der Waals surface area (Å²) in [6.07, 6.45) is 3.39. The van der Waals surface area contributed by atoms with Crippen molar-refractivity contribution in [3.63, 3.8) is 0 Å². The summed E-state index contributed by atoms with van der Waals surface area (Å²) in [5.74, 6) is 1.51. The summed E-state index contributed by atoms with van der Waals surface area (Å²) in [5.41, 5.74) is 8.75. The number of benzene rings is 2. The number of nitrogens with one attached hydrogen (secondary N) is 2. The molecule has 4 nitrogen and oxygen atoms in total. The van der Waals surface area contributed by atoms with Crippen molar-refractivity contribution in [2.45, 2.75) is 59.8 Å². The zero-order valence-electron chi connectivity index (χ0n) is 20.3. The Morgan fingerprint density at radius 2 is 1.87 bits per heavy atom. The van der Waals surface area contributed by atoms with E-state index in [0.29, 0.717) is 5.92 Å². The monoisotopic (exact) mass is 420 g/mol. The second kappa shape index (κ2) is 10.9. The topological polar surface area (TPSA) is 44.0 Å². The van der Waals surface area contributed by atoms with Crippen molar-refractivity contribution in [2.75, 3.05) is 33.2 Å². The molecule has 1 aromatic heterocycles. The van der Waals surface area contributed by atoms with Crippen LogP contribution in [0.15, 0.2) is 30.3 Å². The lowest BCUT2D eigenvalue weighted by Gasteiger charge is -2.23. The lowest BCUT2D eigenvalue weighted by atomic mass is 9.95. The normalized spacial score (nSPS) is 12.7. The third-order valence-corrected chi connectivity index (χ3v) is 6.37. The van der Waals surface area contributed by atoms with Crippen molar-refractivity contribution >= 4 is 11.0 Å². The Kier molecular flexibility index (Phi) is 8.28. The van der Waals surface area contributed by atoms with Gasteiger partial charge in [-0.3, -0.25) is 0 Å². The van der Waals surface area contributed by atoms with Crippen molar-refractivity contribution in [3.05, 3.63) is 52.6 Å². The summed E-state index contributed by atoms with van der Waals surface area (Å²) in [6.45, 7) is 15.7. The van der Waals surface area contributed by atoms with Crippen LogP contribution in [0.2, 0.25) is 0 Å². The van der Waals surface area contributed by atoms with E-state index in [2.05, 4.69) is 80.2 Å². The molecule has 0 fully saturated rings. The maximum absolute atomic E-state index is 4.99. The molecule has 0 aliphatic rings. The molecule has 31 heavy (non-hydrogen) atoms. The number of aromatic amines is 1. The maximum atomic E-state index is 4.99. The van der Waals surface area contributed by atoms with Gasteiger partial charge >= 0.3 is 0 Å². The van der Waals surface area contributed by atoms with Crippen LogP contribution >= 0.6 is 0 Å². The summed E-state index contributed by atoms with van der Waals surface area (Å²) in [7, 11) is 2.03. The number of hydrogen-bond donors (Lipinski definition) is 2. The predicted octanol–water partition coefficient (Wildman–Crippen LogP) is 5.83. The maximum Gasteiger partial charge on any atom is 0.138 e. The van der Waals surface area contributed by atoms with Crippen molar-refractivity contribution in [3.8, 4) is 11.4 Å². The van der Waals surface area contributed by atoms with Crippen molar-refractivity contribution in [1.29, 1.82) is 0 Å². The third-order valence-electron chi connectivity index (χ3n) is 6.37. The molecule has 4 heteroatoms. The van der Waals surface area contributed by atoms with Gasteiger partial charge in [0.2, 0.25) is 0 Å². The summed E-state index contributed by atoms with van der Waals surface area (Å²) in [5, 5.41) is 3.28. The first-order chi connectivity index (χ1) is 15.0. The Bertz CT molecular complexity index is 988. The SMILES string of the molecule is CCCN(CCNC)CCC(C)c1cc(C)c2nc(-c3cc(C)ccc3CC)[nH]c2c1.